The Morgan fingerprint density at radius 1 is 1.00 bits per heavy atom. The molecule has 0 spiro atoms. The maximum atomic E-state index is 12.5. The van der Waals surface area contributed by atoms with E-state index in [1.807, 2.05) is 0 Å². The minimum Gasteiger partial charge on any atom is -0.481 e. The van der Waals surface area contributed by atoms with E-state index in [2.05, 4.69) is 10.6 Å². The summed E-state index contributed by atoms with van der Waals surface area (Å²) < 4.78 is 43.0. The van der Waals surface area contributed by atoms with Crippen LogP contribution in [0.15, 0.2) is 48.5 Å². The van der Waals surface area contributed by atoms with Crippen LogP contribution in [0.4, 0.5) is 13.2 Å². The van der Waals surface area contributed by atoms with Gasteiger partial charge in [-0.15, -0.1) is 0 Å². The number of carbonyl (C=O) groups excluding carboxylic acids is 2. The van der Waals surface area contributed by atoms with Gasteiger partial charge < -0.3 is 15.4 Å². The smallest absolute Gasteiger partial charge is 0.416 e. The van der Waals surface area contributed by atoms with Crippen LogP contribution >= 0.6 is 11.6 Å². The van der Waals surface area contributed by atoms with Gasteiger partial charge in [0, 0.05) is 23.7 Å². The monoisotopic (exact) mass is 414 g/mol. The number of amides is 2. The van der Waals surface area contributed by atoms with E-state index in [0.717, 1.165) is 24.3 Å². The van der Waals surface area contributed by atoms with E-state index < -0.39 is 23.8 Å². The summed E-state index contributed by atoms with van der Waals surface area (Å²) in [5, 5.41) is 5.66. The van der Waals surface area contributed by atoms with E-state index in [9.17, 15) is 22.8 Å². The van der Waals surface area contributed by atoms with E-state index in [-0.39, 0.29) is 24.6 Å². The lowest BCUT2D eigenvalue weighted by molar-refractivity contribution is -0.137. The fourth-order valence-corrected chi connectivity index (χ4v) is 2.31. The van der Waals surface area contributed by atoms with Gasteiger partial charge in [0.15, 0.2) is 6.10 Å². The van der Waals surface area contributed by atoms with Crippen LogP contribution in [0.1, 0.15) is 22.8 Å². The molecule has 9 heteroatoms. The summed E-state index contributed by atoms with van der Waals surface area (Å²) in [6.07, 6.45) is -5.21. The molecule has 150 valence electrons. The highest BCUT2D eigenvalue weighted by Crippen LogP contribution is 2.29. The van der Waals surface area contributed by atoms with Crippen molar-refractivity contribution < 1.29 is 27.5 Å². The van der Waals surface area contributed by atoms with Crippen molar-refractivity contribution in [3.63, 3.8) is 0 Å². The molecule has 2 aromatic rings. The zero-order valence-electron chi connectivity index (χ0n) is 14.8. The molecule has 0 saturated heterocycles. The number of hydrogen-bond acceptors (Lipinski definition) is 3. The van der Waals surface area contributed by atoms with Crippen LogP contribution < -0.4 is 15.4 Å². The van der Waals surface area contributed by atoms with Crippen LogP contribution in [0.5, 0.6) is 5.75 Å². The minimum atomic E-state index is -4.45. The predicted octanol–water partition coefficient (Wildman–Crippen LogP) is 3.67. The SMILES string of the molecule is CC(Oc1ccc(Cl)cc1)C(=O)NCCNC(=O)c1ccc(C(F)(F)F)cc1. The van der Waals surface area contributed by atoms with Gasteiger partial charge in [0.05, 0.1) is 5.56 Å². The van der Waals surface area contributed by atoms with E-state index in [1.54, 1.807) is 31.2 Å². The molecule has 2 aromatic carbocycles. The molecule has 2 N–H and O–H groups in total. The molecule has 0 heterocycles. The van der Waals surface area contributed by atoms with Crippen LogP contribution in [0, 0.1) is 0 Å². The minimum absolute atomic E-state index is 0.0961. The van der Waals surface area contributed by atoms with Crippen LogP contribution in [-0.2, 0) is 11.0 Å². The average Bonchev–Trinajstić information content (AvgIpc) is 2.66. The van der Waals surface area contributed by atoms with E-state index >= 15 is 0 Å². The highest BCUT2D eigenvalue weighted by Gasteiger charge is 2.30. The molecule has 0 bridgehead atoms. The predicted molar refractivity (Wildman–Crippen MR) is 98.3 cm³/mol. The number of alkyl halides is 3. The number of ether oxygens (including phenoxy) is 1. The van der Waals surface area contributed by atoms with Gasteiger partial charge in [-0.1, -0.05) is 11.6 Å². The number of hydrogen-bond donors (Lipinski definition) is 2. The lowest BCUT2D eigenvalue weighted by Crippen LogP contribution is -2.40. The fraction of sp³-hybridized carbons (Fsp3) is 0.263. The van der Waals surface area contributed by atoms with Crippen LogP contribution in [0.3, 0.4) is 0 Å². The second-order valence-corrected chi connectivity index (χ2v) is 6.27. The van der Waals surface area contributed by atoms with Gasteiger partial charge in [-0.3, -0.25) is 9.59 Å². The average molecular weight is 415 g/mol. The molecular weight excluding hydrogens is 397 g/mol. The molecule has 0 aromatic heterocycles. The van der Waals surface area contributed by atoms with Crippen molar-refractivity contribution in [2.45, 2.75) is 19.2 Å². The molecule has 1 atom stereocenters. The van der Waals surface area contributed by atoms with E-state index in [4.69, 9.17) is 16.3 Å². The number of carbonyl (C=O) groups is 2. The molecule has 0 aliphatic heterocycles. The Labute approximate surface area is 164 Å². The number of halogens is 4. The topological polar surface area (TPSA) is 67.4 Å². The van der Waals surface area contributed by atoms with Gasteiger partial charge >= 0.3 is 6.18 Å². The molecule has 5 nitrogen and oxygen atoms in total. The number of rotatable bonds is 7. The maximum absolute atomic E-state index is 12.5. The van der Waals surface area contributed by atoms with Crippen molar-refractivity contribution >= 4 is 23.4 Å². The third-order valence-corrected chi connectivity index (χ3v) is 3.93. The second kappa shape index (κ2) is 9.45. The van der Waals surface area contributed by atoms with Gasteiger partial charge in [-0.05, 0) is 55.5 Å². The molecular formula is C19H18ClF3N2O3. The van der Waals surface area contributed by atoms with Crippen molar-refractivity contribution in [2.24, 2.45) is 0 Å². The molecule has 0 fully saturated rings. The summed E-state index contributed by atoms with van der Waals surface area (Å²) >= 11 is 5.77. The molecule has 28 heavy (non-hydrogen) atoms. The van der Waals surface area contributed by atoms with Crippen LogP contribution in [0.25, 0.3) is 0 Å². The first-order valence-electron chi connectivity index (χ1n) is 8.32. The molecule has 0 saturated carbocycles. The molecule has 0 aliphatic rings. The highest BCUT2D eigenvalue weighted by atomic mass is 35.5. The number of benzene rings is 2. The highest BCUT2D eigenvalue weighted by molar-refractivity contribution is 6.30. The molecule has 1 unspecified atom stereocenters. The Morgan fingerprint density at radius 3 is 2.14 bits per heavy atom. The second-order valence-electron chi connectivity index (χ2n) is 5.84. The van der Waals surface area contributed by atoms with Gasteiger partial charge in [0.25, 0.3) is 11.8 Å². The largest absolute Gasteiger partial charge is 0.481 e. The molecule has 0 aliphatic carbocycles. The van der Waals surface area contributed by atoms with Crippen molar-refractivity contribution in [3.8, 4) is 5.75 Å². The van der Waals surface area contributed by atoms with Crippen molar-refractivity contribution in [1.29, 1.82) is 0 Å². The first kappa shape index (κ1) is 21.6. The normalized spacial score (nSPS) is 12.2. The van der Waals surface area contributed by atoms with Crippen molar-refractivity contribution in [1.82, 2.24) is 10.6 Å². The molecule has 2 amide bonds. The van der Waals surface area contributed by atoms with Crippen LogP contribution in [-0.4, -0.2) is 31.0 Å². The van der Waals surface area contributed by atoms with Gasteiger partial charge in [-0.25, -0.2) is 0 Å². The summed E-state index contributed by atoms with van der Waals surface area (Å²) in [7, 11) is 0. The zero-order chi connectivity index (χ0) is 20.7. The lowest BCUT2D eigenvalue weighted by atomic mass is 10.1. The van der Waals surface area contributed by atoms with Gasteiger partial charge in [0.1, 0.15) is 5.75 Å². The third kappa shape index (κ3) is 6.45. The van der Waals surface area contributed by atoms with Crippen molar-refractivity contribution in [2.75, 3.05) is 13.1 Å². The summed E-state index contributed by atoms with van der Waals surface area (Å²) in [6, 6.07) is 10.4. The lowest BCUT2D eigenvalue weighted by Gasteiger charge is -2.15. The Morgan fingerprint density at radius 2 is 1.57 bits per heavy atom. The van der Waals surface area contributed by atoms with E-state index in [1.165, 1.54) is 0 Å². The molecule has 2 rings (SSSR count). The maximum Gasteiger partial charge on any atom is 0.416 e. The van der Waals surface area contributed by atoms with Crippen LogP contribution in [0.2, 0.25) is 5.02 Å². The zero-order valence-corrected chi connectivity index (χ0v) is 15.6. The first-order valence-corrected chi connectivity index (χ1v) is 8.70. The fourth-order valence-electron chi connectivity index (χ4n) is 2.19. The van der Waals surface area contributed by atoms with E-state index in [0.29, 0.717) is 10.8 Å². The quantitative estimate of drug-likeness (QED) is 0.679. The van der Waals surface area contributed by atoms with Gasteiger partial charge in [-0.2, -0.15) is 13.2 Å². The summed E-state index contributed by atoms with van der Waals surface area (Å²) in [6.45, 7) is 1.82. The standard InChI is InChI=1S/C19H18ClF3N2O3/c1-12(28-16-8-6-15(20)7-9-16)17(26)24-10-11-25-18(27)13-2-4-14(5-3-13)19(21,22)23/h2-9,12H,10-11H2,1H3,(H,24,26)(H,25,27). The molecule has 0 radical (unpaired) electrons. The summed E-state index contributed by atoms with van der Waals surface area (Å²) in [5.74, 6) is -0.421. The van der Waals surface area contributed by atoms with Crippen molar-refractivity contribution in [3.05, 3.63) is 64.7 Å². The summed E-state index contributed by atoms with van der Waals surface area (Å²) in [5.41, 5.74) is -0.732. The Hall–Kier alpha value is -2.74. The Kier molecular flexibility index (Phi) is 7.28. The Bertz CT molecular complexity index is 809. The number of nitrogens with one attached hydrogen (secondary N) is 2. The Balaban J connectivity index is 1.73. The third-order valence-electron chi connectivity index (χ3n) is 3.68. The van der Waals surface area contributed by atoms with Gasteiger partial charge in [0.2, 0.25) is 0 Å². The summed E-state index contributed by atoms with van der Waals surface area (Å²) in [4.78, 5) is 23.9. The first-order chi connectivity index (χ1) is 13.2.